The van der Waals surface area contributed by atoms with Crippen LogP contribution in [0.4, 0.5) is 8.78 Å². The largest absolute Gasteiger partial charge is 0.350 e. The molecule has 1 aromatic carbocycles. The Morgan fingerprint density at radius 1 is 1.30 bits per heavy atom. The molecule has 0 saturated carbocycles. The first-order valence-corrected chi connectivity index (χ1v) is 10.1. The van der Waals surface area contributed by atoms with Gasteiger partial charge in [-0.2, -0.15) is 5.06 Å². The van der Waals surface area contributed by atoms with E-state index in [0.29, 0.717) is 0 Å². The summed E-state index contributed by atoms with van der Waals surface area (Å²) < 4.78 is 52.2. The Kier molecular flexibility index (Phi) is 6.02. The fourth-order valence-electron chi connectivity index (χ4n) is 2.93. The molecule has 0 radical (unpaired) electrons. The highest BCUT2D eigenvalue weighted by Crippen LogP contribution is 2.58. The Labute approximate surface area is 155 Å². The molecule has 148 valence electrons. The molecule has 1 aliphatic rings. The molecule has 2 atom stereocenters. The molecule has 2 aromatic rings. The predicted octanol–water partition coefficient (Wildman–Crippen LogP) is 3.58. The summed E-state index contributed by atoms with van der Waals surface area (Å²) in [6.07, 6.45) is 1.16. The summed E-state index contributed by atoms with van der Waals surface area (Å²) in [6, 6.07) is 3.22. The van der Waals surface area contributed by atoms with E-state index in [-0.39, 0.29) is 30.9 Å². The Hall–Kier alpha value is -1.71. The molecule has 8 nitrogen and oxygen atoms in total. The highest BCUT2D eigenvalue weighted by molar-refractivity contribution is 7.54. The second-order valence-corrected chi connectivity index (χ2v) is 8.10. The van der Waals surface area contributed by atoms with Crippen LogP contribution in [0.2, 0.25) is 0 Å². The monoisotopic (exact) mass is 402 g/mol. The van der Waals surface area contributed by atoms with Gasteiger partial charge in [-0.15, -0.1) is 5.10 Å². The van der Waals surface area contributed by atoms with E-state index in [9.17, 15) is 13.3 Å². The van der Waals surface area contributed by atoms with Crippen molar-refractivity contribution in [2.75, 3.05) is 20.3 Å². The second-order valence-electron chi connectivity index (χ2n) is 5.91. The van der Waals surface area contributed by atoms with Crippen molar-refractivity contribution in [3.05, 3.63) is 36.0 Å². The van der Waals surface area contributed by atoms with Gasteiger partial charge < -0.3 is 9.05 Å². The van der Waals surface area contributed by atoms with Crippen molar-refractivity contribution in [2.45, 2.75) is 32.3 Å². The molecule has 2 heterocycles. The molecule has 27 heavy (non-hydrogen) atoms. The first-order valence-electron chi connectivity index (χ1n) is 8.53. The maximum Gasteiger partial charge on any atom is 0.350 e. The first kappa shape index (κ1) is 20.0. The zero-order chi connectivity index (χ0) is 19.6. The molecule has 0 amide bonds. The number of rotatable bonds is 7. The van der Waals surface area contributed by atoms with E-state index in [0.717, 1.165) is 12.1 Å². The summed E-state index contributed by atoms with van der Waals surface area (Å²) in [6.45, 7) is 3.95. The van der Waals surface area contributed by atoms with Crippen molar-refractivity contribution < 1.29 is 27.2 Å². The summed E-state index contributed by atoms with van der Waals surface area (Å²) in [7, 11) is -1.78. The summed E-state index contributed by atoms with van der Waals surface area (Å²) in [5.41, 5.74) is 0.361. The van der Waals surface area contributed by atoms with Crippen molar-refractivity contribution in [1.29, 1.82) is 0 Å². The Morgan fingerprint density at radius 3 is 2.63 bits per heavy atom. The number of aromatic nitrogens is 3. The number of benzene rings is 1. The molecule has 3 rings (SSSR count). The SMILES string of the molecule is CCOP(=O)(OCC)[C@@H]1C[C@H](n2cc(-c3ccc(F)cc3F)nn2)ON1C. The van der Waals surface area contributed by atoms with Gasteiger partial charge in [0.05, 0.1) is 19.4 Å². The number of halogens is 2. The van der Waals surface area contributed by atoms with Crippen molar-refractivity contribution in [3.8, 4) is 11.3 Å². The zero-order valence-electron chi connectivity index (χ0n) is 15.2. The van der Waals surface area contributed by atoms with Crippen LogP contribution in [0.3, 0.4) is 0 Å². The Balaban J connectivity index is 1.81. The fraction of sp³-hybridized carbons (Fsp3) is 0.500. The molecule has 0 N–H and O–H groups in total. The van der Waals surface area contributed by atoms with E-state index in [4.69, 9.17) is 13.9 Å². The average Bonchev–Trinajstić information content (AvgIpc) is 3.22. The van der Waals surface area contributed by atoms with Gasteiger partial charge in [0.2, 0.25) is 0 Å². The maximum absolute atomic E-state index is 13.9. The van der Waals surface area contributed by atoms with E-state index in [1.165, 1.54) is 22.0 Å². The van der Waals surface area contributed by atoms with Crippen LogP contribution in [-0.2, 0) is 18.5 Å². The lowest BCUT2D eigenvalue weighted by atomic mass is 10.1. The van der Waals surface area contributed by atoms with Gasteiger partial charge >= 0.3 is 7.60 Å². The molecule has 1 aliphatic heterocycles. The van der Waals surface area contributed by atoms with Gasteiger partial charge in [0, 0.05) is 25.1 Å². The molecule has 1 aromatic heterocycles. The second kappa shape index (κ2) is 8.12. The molecule has 1 saturated heterocycles. The fourth-order valence-corrected chi connectivity index (χ4v) is 4.96. The van der Waals surface area contributed by atoms with Crippen LogP contribution in [-0.4, -0.2) is 46.1 Å². The standard InChI is InChI=1S/C16H21F2N4O4P/c1-4-24-27(23,25-5-2)16-9-15(26-21(16)3)22-10-14(19-20-22)12-7-6-11(17)8-13(12)18/h6-8,10,15-16H,4-5,9H2,1-3H3/t15-,16-/m1/s1. The molecule has 0 bridgehead atoms. The van der Waals surface area contributed by atoms with Crippen LogP contribution in [0, 0.1) is 11.6 Å². The lowest BCUT2D eigenvalue weighted by molar-refractivity contribution is -0.162. The van der Waals surface area contributed by atoms with Crippen molar-refractivity contribution >= 4 is 7.60 Å². The van der Waals surface area contributed by atoms with Gasteiger partial charge in [0.1, 0.15) is 23.1 Å². The van der Waals surface area contributed by atoms with E-state index >= 15 is 0 Å². The quantitative estimate of drug-likeness (QED) is 0.655. The number of hydrogen-bond donors (Lipinski definition) is 0. The van der Waals surface area contributed by atoms with Crippen molar-refractivity contribution in [1.82, 2.24) is 20.1 Å². The van der Waals surface area contributed by atoms with Crippen LogP contribution in [0.5, 0.6) is 0 Å². The minimum atomic E-state index is -3.41. The van der Waals surface area contributed by atoms with Gasteiger partial charge in [0.25, 0.3) is 0 Å². The third-order valence-corrected chi connectivity index (χ3v) is 6.62. The molecule has 0 spiro atoms. The van der Waals surface area contributed by atoms with Crippen LogP contribution >= 0.6 is 7.60 Å². The average molecular weight is 402 g/mol. The van der Waals surface area contributed by atoms with Gasteiger partial charge in [0.15, 0.2) is 6.23 Å². The highest BCUT2D eigenvalue weighted by atomic mass is 31.2. The summed E-state index contributed by atoms with van der Waals surface area (Å²) in [4.78, 5) is 5.71. The van der Waals surface area contributed by atoms with Gasteiger partial charge in [-0.1, -0.05) is 5.21 Å². The van der Waals surface area contributed by atoms with E-state index < -0.39 is 31.2 Å². The maximum atomic E-state index is 13.9. The topological polar surface area (TPSA) is 78.7 Å². The minimum absolute atomic E-state index is 0.125. The smallest absolute Gasteiger partial charge is 0.308 e. The lowest BCUT2D eigenvalue weighted by Gasteiger charge is -2.25. The number of hydroxylamine groups is 2. The summed E-state index contributed by atoms with van der Waals surface area (Å²) >= 11 is 0. The van der Waals surface area contributed by atoms with E-state index in [1.807, 2.05) is 0 Å². The summed E-state index contributed by atoms with van der Waals surface area (Å²) in [5.74, 6) is -2.02. The molecule has 0 aliphatic carbocycles. The zero-order valence-corrected chi connectivity index (χ0v) is 16.1. The Bertz CT molecular complexity index is 840. The molecule has 1 fully saturated rings. The Morgan fingerprint density at radius 2 is 2.00 bits per heavy atom. The highest BCUT2D eigenvalue weighted by Gasteiger charge is 2.47. The molecule has 0 unspecified atom stereocenters. The number of nitrogens with zero attached hydrogens (tertiary/aromatic N) is 4. The lowest BCUT2D eigenvalue weighted by Crippen LogP contribution is -2.25. The van der Waals surface area contributed by atoms with Crippen LogP contribution in [0.25, 0.3) is 11.3 Å². The summed E-state index contributed by atoms with van der Waals surface area (Å²) in [5, 5.41) is 9.32. The third kappa shape index (κ3) is 4.09. The van der Waals surface area contributed by atoms with Crippen molar-refractivity contribution in [3.63, 3.8) is 0 Å². The number of hydrogen-bond acceptors (Lipinski definition) is 7. The van der Waals surface area contributed by atoms with E-state index in [2.05, 4.69) is 10.3 Å². The van der Waals surface area contributed by atoms with Crippen LogP contribution < -0.4 is 0 Å². The van der Waals surface area contributed by atoms with Gasteiger partial charge in [-0.3, -0.25) is 9.40 Å². The van der Waals surface area contributed by atoms with Gasteiger partial charge in [-0.05, 0) is 26.0 Å². The van der Waals surface area contributed by atoms with Gasteiger partial charge in [-0.25, -0.2) is 13.5 Å². The van der Waals surface area contributed by atoms with Crippen molar-refractivity contribution in [2.24, 2.45) is 0 Å². The molecular weight excluding hydrogens is 381 g/mol. The predicted molar refractivity (Wildman–Crippen MR) is 92.5 cm³/mol. The first-order chi connectivity index (χ1) is 12.9. The minimum Gasteiger partial charge on any atom is -0.308 e. The van der Waals surface area contributed by atoms with Crippen LogP contribution in [0.15, 0.2) is 24.4 Å². The normalized spacial score (nSPS) is 21.1. The molecular formula is C16H21F2N4O4P. The third-order valence-electron chi connectivity index (χ3n) is 4.12. The van der Waals surface area contributed by atoms with E-state index in [1.54, 1.807) is 20.9 Å². The van der Waals surface area contributed by atoms with Crippen LogP contribution in [0.1, 0.15) is 26.5 Å². The molecule has 11 heteroatoms.